The molecule has 0 radical (unpaired) electrons. The summed E-state index contributed by atoms with van der Waals surface area (Å²) in [4.78, 5) is 0. The fourth-order valence-electron chi connectivity index (χ4n) is 2.82. The van der Waals surface area contributed by atoms with Crippen LogP contribution in [0.1, 0.15) is 36.1 Å². The van der Waals surface area contributed by atoms with E-state index in [1.54, 1.807) is 0 Å². The van der Waals surface area contributed by atoms with Gasteiger partial charge in [0.05, 0.1) is 12.6 Å². The summed E-state index contributed by atoms with van der Waals surface area (Å²) in [7, 11) is 0. The maximum atomic E-state index is 5.59. The number of hydrogen-bond acceptors (Lipinski definition) is 2. The van der Waals surface area contributed by atoms with E-state index in [1.165, 1.54) is 22.4 Å². The molecule has 3 rings (SSSR count). The number of benzene rings is 2. The van der Waals surface area contributed by atoms with E-state index in [-0.39, 0.29) is 0 Å². The highest BCUT2D eigenvalue weighted by Gasteiger charge is 2.16. The Morgan fingerprint density at radius 3 is 2.86 bits per heavy atom. The van der Waals surface area contributed by atoms with Crippen LogP contribution in [0.5, 0.6) is 5.75 Å². The minimum Gasteiger partial charge on any atom is -0.493 e. The topological polar surface area (TPSA) is 21.3 Å². The van der Waals surface area contributed by atoms with Crippen molar-refractivity contribution in [2.45, 2.75) is 32.7 Å². The average molecular weight is 346 g/mol. The Morgan fingerprint density at radius 1 is 1.24 bits per heavy atom. The zero-order chi connectivity index (χ0) is 14.8. The van der Waals surface area contributed by atoms with Crippen LogP contribution in [-0.2, 0) is 6.42 Å². The van der Waals surface area contributed by atoms with Gasteiger partial charge in [0.25, 0.3) is 0 Å². The zero-order valence-corrected chi connectivity index (χ0v) is 14.0. The molecule has 0 aromatic heterocycles. The van der Waals surface area contributed by atoms with Crippen LogP contribution in [0, 0.1) is 6.92 Å². The van der Waals surface area contributed by atoms with Crippen molar-refractivity contribution in [1.82, 2.24) is 0 Å². The second-order valence-electron chi connectivity index (χ2n) is 5.53. The van der Waals surface area contributed by atoms with Gasteiger partial charge in [0.2, 0.25) is 0 Å². The lowest BCUT2D eigenvalue weighted by molar-refractivity contribution is 0.357. The Balaban J connectivity index is 1.85. The molecule has 1 atom stereocenters. The van der Waals surface area contributed by atoms with Crippen molar-refractivity contribution in [3.8, 4) is 5.75 Å². The van der Waals surface area contributed by atoms with Crippen LogP contribution in [0.3, 0.4) is 0 Å². The van der Waals surface area contributed by atoms with E-state index in [0.29, 0.717) is 6.04 Å². The molecule has 0 amide bonds. The maximum absolute atomic E-state index is 5.59. The highest BCUT2D eigenvalue weighted by atomic mass is 79.9. The van der Waals surface area contributed by atoms with Gasteiger partial charge in [-0.2, -0.15) is 0 Å². The van der Waals surface area contributed by atoms with Crippen molar-refractivity contribution < 1.29 is 4.74 Å². The SMILES string of the molecule is CCC(Nc1ccc(Br)cc1C)c1ccc2c(c1)CCO2. The number of hydrogen-bond donors (Lipinski definition) is 1. The summed E-state index contributed by atoms with van der Waals surface area (Å²) in [5.41, 5.74) is 5.12. The monoisotopic (exact) mass is 345 g/mol. The third-order valence-corrected chi connectivity index (χ3v) is 4.54. The minimum atomic E-state index is 0.329. The summed E-state index contributed by atoms with van der Waals surface area (Å²) in [6.07, 6.45) is 2.08. The number of anilines is 1. The Hall–Kier alpha value is -1.48. The molecule has 2 aromatic rings. The molecule has 0 saturated heterocycles. The lowest BCUT2D eigenvalue weighted by Gasteiger charge is -2.21. The van der Waals surface area contributed by atoms with Crippen molar-refractivity contribution in [3.05, 3.63) is 57.6 Å². The van der Waals surface area contributed by atoms with E-state index in [1.807, 2.05) is 0 Å². The molecule has 1 aliphatic rings. The van der Waals surface area contributed by atoms with Gasteiger partial charge >= 0.3 is 0 Å². The minimum absolute atomic E-state index is 0.329. The van der Waals surface area contributed by atoms with Crippen molar-refractivity contribution in [1.29, 1.82) is 0 Å². The lowest BCUT2D eigenvalue weighted by Crippen LogP contribution is -2.10. The molecule has 0 saturated carbocycles. The van der Waals surface area contributed by atoms with Gasteiger partial charge in [-0.3, -0.25) is 0 Å². The molecule has 110 valence electrons. The Bertz CT molecular complexity index is 654. The van der Waals surface area contributed by atoms with Crippen molar-refractivity contribution >= 4 is 21.6 Å². The number of fused-ring (bicyclic) bond motifs is 1. The Kier molecular flexibility index (Phi) is 4.20. The van der Waals surface area contributed by atoms with Crippen LogP contribution in [-0.4, -0.2) is 6.61 Å². The highest BCUT2D eigenvalue weighted by molar-refractivity contribution is 9.10. The summed E-state index contributed by atoms with van der Waals surface area (Å²) >= 11 is 3.52. The number of ether oxygens (including phenoxy) is 1. The summed E-state index contributed by atoms with van der Waals surface area (Å²) < 4.78 is 6.71. The van der Waals surface area contributed by atoms with Gasteiger partial charge < -0.3 is 10.1 Å². The van der Waals surface area contributed by atoms with E-state index in [4.69, 9.17) is 4.74 Å². The average Bonchev–Trinajstić information content (AvgIpc) is 2.94. The molecule has 0 bridgehead atoms. The molecule has 0 fully saturated rings. The normalized spacial score (nSPS) is 14.4. The molecule has 2 aromatic carbocycles. The first-order valence-electron chi connectivity index (χ1n) is 7.45. The van der Waals surface area contributed by atoms with Gasteiger partial charge in [0.15, 0.2) is 0 Å². The Labute approximate surface area is 134 Å². The van der Waals surface area contributed by atoms with Gasteiger partial charge in [-0.15, -0.1) is 0 Å². The maximum Gasteiger partial charge on any atom is 0.122 e. The molecular formula is C18H20BrNO. The first-order valence-corrected chi connectivity index (χ1v) is 8.25. The zero-order valence-electron chi connectivity index (χ0n) is 12.4. The standard InChI is InChI=1S/C18H20BrNO/c1-3-16(20-17-6-5-15(19)10-12(17)2)13-4-7-18-14(11-13)8-9-21-18/h4-7,10-11,16,20H,3,8-9H2,1-2H3. The largest absolute Gasteiger partial charge is 0.493 e. The smallest absolute Gasteiger partial charge is 0.122 e. The fraction of sp³-hybridized carbons (Fsp3) is 0.333. The summed E-state index contributed by atoms with van der Waals surface area (Å²) in [5, 5.41) is 3.67. The van der Waals surface area contributed by atoms with Crippen molar-refractivity contribution in [2.24, 2.45) is 0 Å². The number of nitrogens with one attached hydrogen (secondary N) is 1. The first kappa shape index (κ1) is 14.5. The fourth-order valence-corrected chi connectivity index (χ4v) is 3.30. The molecule has 2 nitrogen and oxygen atoms in total. The van der Waals surface area contributed by atoms with E-state index in [2.05, 4.69) is 71.5 Å². The molecule has 1 heterocycles. The van der Waals surface area contributed by atoms with E-state index < -0.39 is 0 Å². The van der Waals surface area contributed by atoms with Crippen LogP contribution in [0.4, 0.5) is 5.69 Å². The predicted octanol–water partition coefficient (Wildman–Crippen LogP) is 5.26. The highest BCUT2D eigenvalue weighted by Crippen LogP contribution is 2.31. The van der Waals surface area contributed by atoms with Gasteiger partial charge in [-0.05, 0) is 60.4 Å². The second-order valence-corrected chi connectivity index (χ2v) is 6.45. The molecule has 0 aliphatic carbocycles. The second kappa shape index (κ2) is 6.10. The van der Waals surface area contributed by atoms with Crippen LogP contribution in [0.25, 0.3) is 0 Å². The number of rotatable bonds is 4. The van der Waals surface area contributed by atoms with E-state index in [0.717, 1.165) is 29.7 Å². The lowest BCUT2D eigenvalue weighted by atomic mass is 10.00. The quantitative estimate of drug-likeness (QED) is 0.816. The molecule has 1 unspecified atom stereocenters. The van der Waals surface area contributed by atoms with Crippen molar-refractivity contribution in [2.75, 3.05) is 11.9 Å². The van der Waals surface area contributed by atoms with E-state index in [9.17, 15) is 0 Å². The predicted molar refractivity (Wildman–Crippen MR) is 91.2 cm³/mol. The Morgan fingerprint density at radius 2 is 2.10 bits per heavy atom. The summed E-state index contributed by atoms with van der Waals surface area (Å²) in [6, 6.07) is 13.3. The van der Waals surface area contributed by atoms with Gasteiger partial charge in [-0.25, -0.2) is 0 Å². The molecule has 21 heavy (non-hydrogen) atoms. The van der Waals surface area contributed by atoms with Gasteiger partial charge in [0, 0.05) is 16.6 Å². The van der Waals surface area contributed by atoms with Crippen LogP contribution in [0.15, 0.2) is 40.9 Å². The van der Waals surface area contributed by atoms with Crippen LogP contribution >= 0.6 is 15.9 Å². The van der Waals surface area contributed by atoms with E-state index >= 15 is 0 Å². The van der Waals surface area contributed by atoms with Crippen LogP contribution in [0.2, 0.25) is 0 Å². The third kappa shape index (κ3) is 3.08. The van der Waals surface area contributed by atoms with Crippen LogP contribution < -0.4 is 10.1 Å². The third-order valence-electron chi connectivity index (χ3n) is 4.04. The molecule has 1 N–H and O–H groups in total. The number of aryl methyl sites for hydroxylation is 1. The molecule has 3 heteroatoms. The summed E-state index contributed by atoms with van der Waals surface area (Å²) in [6.45, 7) is 5.17. The van der Waals surface area contributed by atoms with Crippen molar-refractivity contribution in [3.63, 3.8) is 0 Å². The number of halogens is 1. The van der Waals surface area contributed by atoms with Gasteiger partial charge in [-0.1, -0.05) is 28.9 Å². The molecule has 0 spiro atoms. The molecular weight excluding hydrogens is 326 g/mol. The molecule has 1 aliphatic heterocycles. The summed E-state index contributed by atoms with van der Waals surface area (Å²) in [5.74, 6) is 1.05. The first-order chi connectivity index (χ1) is 10.2. The van der Waals surface area contributed by atoms with Gasteiger partial charge in [0.1, 0.15) is 5.75 Å².